The van der Waals surface area contributed by atoms with Crippen LogP contribution in [0.2, 0.25) is 0 Å². The number of hydrogen-bond donors (Lipinski definition) is 1. The van der Waals surface area contributed by atoms with Crippen molar-refractivity contribution in [3.8, 4) is 0 Å². The fraction of sp³-hybridized carbons (Fsp3) is 0.238. The van der Waals surface area contributed by atoms with Crippen LogP contribution in [-0.2, 0) is 14.3 Å². The van der Waals surface area contributed by atoms with E-state index >= 15 is 0 Å². The highest BCUT2D eigenvalue weighted by molar-refractivity contribution is 7.80. The van der Waals surface area contributed by atoms with Crippen LogP contribution in [0.5, 0.6) is 0 Å². The van der Waals surface area contributed by atoms with E-state index in [4.69, 9.17) is 21.7 Å². The van der Waals surface area contributed by atoms with E-state index in [-0.39, 0.29) is 29.5 Å². The lowest BCUT2D eigenvalue weighted by Crippen LogP contribution is -2.48. The minimum absolute atomic E-state index is 0.0422. The van der Waals surface area contributed by atoms with E-state index in [9.17, 15) is 13.6 Å². The van der Waals surface area contributed by atoms with Crippen LogP contribution >= 0.6 is 12.2 Å². The summed E-state index contributed by atoms with van der Waals surface area (Å²) in [5.74, 6) is -2.13. The molecule has 1 N–H and O–H groups in total. The van der Waals surface area contributed by atoms with Crippen molar-refractivity contribution in [2.45, 2.75) is 13.0 Å². The monoisotopic (exact) mass is 418 g/mol. The van der Waals surface area contributed by atoms with Gasteiger partial charge >= 0.3 is 5.97 Å². The topological polar surface area (TPSA) is 50.8 Å². The number of benzene rings is 2. The van der Waals surface area contributed by atoms with Gasteiger partial charge < -0.3 is 14.8 Å². The molecule has 8 heteroatoms. The van der Waals surface area contributed by atoms with Gasteiger partial charge in [-0.25, -0.2) is 13.6 Å². The maximum absolute atomic E-state index is 14.5. The fourth-order valence-corrected chi connectivity index (χ4v) is 3.52. The van der Waals surface area contributed by atoms with Crippen molar-refractivity contribution in [1.82, 2.24) is 5.32 Å². The molecule has 0 saturated carbocycles. The van der Waals surface area contributed by atoms with Crippen molar-refractivity contribution in [1.29, 1.82) is 0 Å². The molecule has 2 aromatic rings. The maximum Gasteiger partial charge on any atom is 0.338 e. The lowest BCUT2D eigenvalue weighted by Gasteiger charge is -2.37. The van der Waals surface area contributed by atoms with Crippen LogP contribution in [0, 0.1) is 11.6 Å². The first-order chi connectivity index (χ1) is 13.9. The zero-order valence-electron chi connectivity index (χ0n) is 15.9. The van der Waals surface area contributed by atoms with E-state index in [1.807, 2.05) is 30.3 Å². The Morgan fingerprint density at radius 3 is 2.55 bits per heavy atom. The molecule has 0 radical (unpaired) electrons. The quantitative estimate of drug-likeness (QED) is 0.437. The third-order valence-corrected chi connectivity index (χ3v) is 4.81. The van der Waals surface area contributed by atoms with Crippen molar-refractivity contribution in [2.75, 3.05) is 25.2 Å². The molecule has 152 valence electrons. The number of ether oxygens (including phenoxy) is 2. The Labute approximate surface area is 172 Å². The van der Waals surface area contributed by atoms with E-state index in [1.165, 1.54) is 13.2 Å². The number of carbonyl (C=O) groups is 1. The normalized spacial score (nSPS) is 16.6. The predicted molar refractivity (Wildman–Crippen MR) is 109 cm³/mol. The number of methoxy groups -OCH3 is 1. The molecule has 3 rings (SSSR count). The zero-order valence-corrected chi connectivity index (χ0v) is 16.8. The molecule has 0 saturated heterocycles. The van der Waals surface area contributed by atoms with Gasteiger partial charge in [-0.1, -0.05) is 24.3 Å². The Hall–Kier alpha value is -2.84. The predicted octanol–water partition coefficient (Wildman–Crippen LogP) is 3.86. The number of anilines is 1. The number of para-hydroxylation sites is 1. The first kappa shape index (κ1) is 20.9. The third-order valence-electron chi connectivity index (χ3n) is 4.51. The second kappa shape index (κ2) is 9.11. The van der Waals surface area contributed by atoms with Crippen LogP contribution in [0.1, 0.15) is 18.5 Å². The summed E-state index contributed by atoms with van der Waals surface area (Å²) in [5, 5.41) is 3.29. The van der Waals surface area contributed by atoms with Gasteiger partial charge in [-0.05, 0) is 37.3 Å². The molecule has 0 spiro atoms. The molecule has 0 bridgehead atoms. The summed E-state index contributed by atoms with van der Waals surface area (Å²) in [6.45, 7) is 1.98. The van der Waals surface area contributed by atoms with Gasteiger partial charge in [-0.15, -0.1) is 0 Å². The first-order valence-corrected chi connectivity index (χ1v) is 9.32. The van der Waals surface area contributed by atoms with Crippen LogP contribution in [0.25, 0.3) is 0 Å². The van der Waals surface area contributed by atoms with E-state index in [0.717, 1.165) is 17.8 Å². The lowest BCUT2D eigenvalue weighted by atomic mass is 9.94. The molecule has 5 nitrogen and oxygen atoms in total. The molecule has 0 aliphatic carbocycles. The van der Waals surface area contributed by atoms with Crippen molar-refractivity contribution < 1.29 is 23.0 Å². The van der Waals surface area contributed by atoms with Crippen molar-refractivity contribution >= 4 is 29.0 Å². The molecule has 1 heterocycles. The van der Waals surface area contributed by atoms with Gasteiger partial charge in [-0.3, -0.25) is 4.90 Å². The zero-order chi connectivity index (χ0) is 21.0. The average molecular weight is 418 g/mol. The fourth-order valence-electron chi connectivity index (χ4n) is 3.16. The number of nitrogens with zero attached hydrogens (tertiary/aromatic N) is 1. The molecular formula is C21H20F2N2O3S. The number of carbonyl (C=O) groups excluding carboxylic acids is 1. The maximum atomic E-state index is 14.5. The molecule has 0 unspecified atom stereocenters. The van der Waals surface area contributed by atoms with Gasteiger partial charge in [0.05, 0.1) is 18.2 Å². The number of halogens is 2. The summed E-state index contributed by atoms with van der Waals surface area (Å²) >= 11 is 5.49. The van der Waals surface area contributed by atoms with Gasteiger partial charge in [0, 0.05) is 30.1 Å². The van der Waals surface area contributed by atoms with Gasteiger partial charge in [0.25, 0.3) is 0 Å². The second-order valence-electron chi connectivity index (χ2n) is 6.35. The number of rotatable bonds is 6. The highest BCUT2D eigenvalue weighted by Crippen LogP contribution is 2.35. The van der Waals surface area contributed by atoms with Gasteiger partial charge in [0.1, 0.15) is 18.2 Å². The molecule has 2 aromatic carbocycles. The summed E-state index contributed by atoms with van der Waals surface area (Å²) in [6.07, 6.45) is 0. The van der Waals surface area contributed by atoms with Crippen LogP contribution in [0.15, 0.2) is 59.8 Å². The Kier molecular flexibility index (Phi) is 6.56. The Morgan fingerprint density at radius 2 is 1.90 bits per heavy atom. The highest BCUT2D eigenvalue weighted by atomic mass is 32.1. The molecule has 0 amide bonds. The molecule has 0 aromatic heterocycles. The largest absolute Gasteiger partial charge is 0.460 e. The lowest BCUT2D eigenvalue weighted by molar-refractivity contribution is -0.140. The smallest absolute Gasteiger partial charge is 0.338 e. The average Bonchev–Trinajstić information content (AvgIpc) is 2.68. The van der Waals surface area contributed by atoms with Gasteiger partial charge in [-0.2, -0.15) is 0 Å². The van der Waals surface area contributed by atoms with E-state index in [1.54, 1.807) is 11.8 Å². The SMILES string of the molecule is COCCOC(=O)C1=C(C)N(c2ccccc2)C(=S)N[C@@H]1c1ccc(F)cc1F. The molecule has 1 atom stereocenters. The minimum Gasteiger partial charge on any atom is -0.460 e. The van der Waals surface area contributed by atoms with Crippen LogP contribution in [0.3, 0.4) is 0 Å². The molecular weight excluding hydrogens is 398 g/mol. The Balaban J connectivity index is 2.09. The summed E-state index contributed by atoms with van der Waals surface area (Å²) in [7, 11) is 1.49. The van der Waals surface area contributed by atoms with Crippen molar-refractivity contribution in [3.05, 3.63) is 77.0 Å². The number of esters is 1. The number of allylic oxidation sites excluding steroid dienone is 1. The van der Waals surface area contributed by atoms with E-state index in [2.05, 4.69) is 5.32 Å². The summed E-state index contributed by atoms with van der Waals surface area (Å²) in [4.78, 5) is 14.6. The van der Waals surface area contributed by atoms with Crippen LogP contribution in [0.4, 0.5) is 14.5 Å². The van der Waals surface area contributed by atoms with Gasteiger partial charge in [0.2, 0.25) is 0 Å². The third kappa shape index (κ3) is 4.44. The Morgan fingerprint density at radius 1 is 1.17 bits per heavy atom. The second-order valence-corrected chi connectivity index (χ2v) is 6.73. The molecule has 0 fully saturated rings. The molecule has 1 aliphatic rings. The summed E-state index contributed by atoms with van der Waals surface area (Å²) in [6, 6.07) is 11.5. The number of nitrogens with one attached hydrogen (secondary N) is 1. The summed E-state index contributed by atoms with van der Waals surface area (Å²) < 4.78 is 38.1. The van der Waals surface area contributed by atoms with Gasteiger partial charge in [0.15, 0.2) is 5.11 Å². The Bertz CT molecular complexity index is 950. The standard InChI is InChI=1S/C21H20F2N2O3S/c1-13-18(20(26)28-11-10-27-2)19(16-9-8-14(22)12-17(16)23)24-21(29)25(13)15-6-4-3-5-7-15/h3-9,12,19H,10-11H2,1-2H3,(H,24,29)/t19-/m1/s1. The van der Waals surface area contributed by atoms with E-state index in [0.29, 0.717) is 5.70 Å². The first-order valence-electron chi connectivity index (χ1n) is 8.91. The van der Waals surface area contributed by atoms with Crippen LogP contribution in [-0.4, -0.2) is 31.4 Å². The highest BCUT2D eigenvalue weighted by Gasteiger charge is 2.36. The molecule has 1 aliphatic heterocycles. The summed E-state index contributed by atoms with van der Waals surface area (Å²) in [5.41, 5.74) is 1.52. The minimum atomic E-state index is -0.918. The van der Waals surface area contributed by atoms with E-state index < -0.39 is 23.6 Å². The van der Waals surface area contributed by atoms with Crippen molar-refractivity contribution in [3.63, 3.8) is 0 Å². The number of hydrogen-bond acceptors (Lipinski definition) is 4. The van der Waals surface area contributed by atoms with Crippen LogP contribution < -0.4 is 10.2 Å². The number of thiocarbonyl (C=S) groups is 1. The molecule has 29 heavy (non-hydrogen) atoms. The van der Waals surface area contributed by atoms with Crippen molar-refractivity contribution in [2.24, 2.45) is 0 Å².